The van der Waals surface area contributed by atoms with Crippen LogP contribution in [0.1, 0.15) is 17.2 Å². The van der Waals surface area contributed by atoms with Crippen molar-refractivity contribution in [2.75, 3.05) is 38.2 Å². The van der Waals surface area contributed by atoms with Crippen molar-refractivity contribution in [3.05, 3.63) is 47.7 Å². The van der Waals surface area contributed by atoms with E-state index < -0.39 is 23.8 Å². The third kappa shape index (κ3) is 4.16. The fourth-order valence-corrected chi connectivity index (χ4v) is 3.26. The molecule has 0 radical (unpaired) electrons. The highest BCUT2D eigenvalue weighted by atomic mass is 19.4. The van der Waals surface area contributed by atoms with Gasteiger partial charge in [-0.25, -0.2) is 4.98 Å². The molecule has 28 heavy (non-hydrogen) atoms. The molecular formula is C18H19F3N4O3. The van der Waals surface area contributed by atoms with Crippen LogP contribution in [0.3, 0.4) is 0 Å². The molecule has 3 rings (SSSR count). The van der Waals surface area contributed by atoms with Crippen LogP contribution in [0.4, 0.5) is 19.1 Å². The summed E-state index contributed by atoms with van der Waals surface area (Å²) in [5, 5.41) is 9.66. The van der Waals surface area contributed by atoms with Crippen LogP contribution in [-0.4, -0.2) is 59.2 Å². The SMILES string of the molecule is COc1ccnc(N2CCN(C(C(=O)O)c3ccccc3C(F)(F)F)CC2)n1. The van der Waals surface area contributed by atoms with Crippen LogP contribution in [0.5, 0.6) is 5.88 Å². The van der Waals surface area contributed by atoms with E-state index in [0.29, 0.717) is 24.9 Å². The van der Waals surface area contributed by atoms with Crippen LogP contribution in [0.2, 0.25) is 0 Å². The Labute approximate surface area is 159 Å². The Kier molecular flexibility index (Phi) is 5.68. The molecule has 0 bridgehead atoms. The Hall–Kier alpha value is -2.88. The number of carboxylic acids is 1. The maximum absolute atomic E-state index is 13.3. The first-order valence-electron chi connectivity index (χ1n) is 8.56. The van der Waals surface area contributed by atoms with Crippen molar-refractivity contribution in [1.29, 1.82) is 0 Å². The van der Waals surface area contributed by atoms with Crippen LogP contribution in [0.15, 0.2) is 36.5 Å². The van der Waals surface area contributed by atoms with Gasteiger partial charge >= 0.3 is 12.1 Å². The molecular weight excluding hydrogens is 377 g/mol. The lowest BCUT2D eigenvalue weighted by atomic mass is 9.98. The van der Waals surface area contributed by atoms with Crippen molar-refractivity contribution in [2.45, 2.75) is 12.2 Å². The highest BCUT2D eigenvalue weighted by Crippen LogP contribution is 2.36. The zero-order valence-electron chi connectivity index (χ0n) is 15.1. The molecule has 1 aliphatic rings. The van der Waals surface area contributed by atoms with Gasteiger partial charge in [0.2, 0.25) is 11.8 Å². The predicted molar refractivity (Wildman–Crippen MR) is 94.2 cm³/mol. The van der Waals surface area contributed by atoms with Gasteiger partial charge in [0, 0.05) is 38.4 Å². The molecule has 1 aromatic heterocycles. The first kappa shape index (κ1) is 19.9. The molecule has 10 heteroatoms. The van der Waals surface area contributed by atoms with Gasteiger partial charge < -0.3 is 14.7 Å². The molecule has 1 fully saturated rings. The number of halogens is 3. The van der Waals surface area contributed by atoms with Crippen LogP contribution >= 0.6 is 0 Å². The zero-order valence-corrected chi connectivity index (χ0v) is 15.1. The van der Waals surface area contributed by atoms with Gasteiger partial charge in [-0.1, -0.05) is 18.2 Å². The number of aromatic nitrogens is 2. The summed E-state index contributed by atoms with van der Waals surface area (Å²) in [5.41, 5.74) is -1.19. The predicted octanol–water partition coefficient (Wildman–Crippen LogP) is 2.45. The molecule has 1 saturated heterocycles. The number of aliphatic carboxylic acids is 1. The lowest BCUT2D eigenvalue weighted by Crippen LogP contribution is -2.50. The van der Waals surface area contributed by atoms with Crippen molar-refractivity contribution in [3.63, 3.8) is 0 Å². The fraction of sp³-hybridized carbons (Fsp3) is 0.389. The number of nitrogens with zero attached hydrogens (tertiary/aromatic N) is 4. The monoisotopic (exact) mass is 396 g/mol. The molecule has 2 heterocycles. The van der Waals surface area contributed by atoms with Gasteiger partial charge in [-0.3, -0.25) is 9.69 Å². The first-order chi connectivity index (χ1) is 13.3. The molecule has 0 spiro atoms. The molecule has 0 aliphatic carbocycles. The number of rotatable bonds is 5. The van der Waals surface area contributed by atoms with E-state index in [1.54, 1.807) is 12.3 Å². The Balaban J connectivity index is 1.80. The van der Waals surface area contributed by atoms with Gasteiger partial charge in [-0.2, -0.15) is 18.2 Å². The number of anilines is 1. The molecule has 7 nitrogen and oxygen atoms in total. The molecule has 1 aromatic carbocycles. The molecule has 1 N–H and O–H groups in total. The summed E-state index contributed by atoms with van der Waals surface area (Å²) in [5.74, 6) is -0.487. The second-order valence-corrected chi connectivity index (χ2v) is 6.25. The molecule has 0 saturated carbocycles. The van der Waals surface area contributed by atoms with Crippen LogP contribution in [0, 0.1) is 0 Å². The van der Waals surface area contributed by atoms with Crippen LogP contribution in [-0.2, 0) is 11.0 Å². The summed E-state index contributed by atoms with van der Waals surface area (Å²) in [7, 11) is 1.49. The topological polar surface area (TPSA) is 78.8 Å². The lowest BCUT2D eigenvalue weighted by molar-refractivity contribution is -0.146. The first-order valence-corrected chi connectivity index (χ1v) is 8.56. The van der Waals surface area contributed by atoms with E-state index in [1.165, 1.54) is 30.2 Å². The summed E-state index contributed by atoms with van der Waals surface area (Å²) in [6.45, 7) is 1.27. The van der Waals surface area contributed by atoms with Gasteiger partial charge in [-0.15, -0.1) is 0 Å². The fourth-order valence-electron chi connectivity index (χ4n) is 3.26. The van der Waals surface area contributed by atoms with Crippen LogP contribution in [0.25, 0.3) is 0 Å². The summed E-state index contributed by atoms with van der Waals surface area (Å²) in [4.78, 5) is 23.6. The van der Waals surface area contributed by atoms with E-state index in [4.69, 9.17) is 4.74 Å². The van der Waals surface area contributed by atoms with E-state index in [0.717, 1.165) is 6.07 Å². The maximum atomic E-state index is 13.3. The van der Waals surface area contributed by atoms with Crippen molar-refractivity contribution in [2.24, 2.45) is 0 Å². The quantitative estimate of drug-likeness (QED) is 0.832. The normalized spacial score (nSPS) is 16.6. The number of hydrogen-bond acceptors (Lipinski definition) is 6. The lowest BCUT2D eigenvalue weighted by Gasteiger charge is -2.38. The number of alkyl halides is 3. The van der Waals surface area contributed by atoms with E-state index in [9.17, 15) is 23.1 Å². The van der Waals surface area contributed by atoms with Crippen LogP contribution < -0.4 is 9.64 Å². The minimum absolute atomic E-state index is 0.254. The number of carboxylic acid groups (broad SMARTS) is 1. The average Bonchev–Trinajstić information content (AvgIpc) is 2.68. The Morgan fingerprint density at radius 2 is 1.86 bits per heavy atom. The number of carbonyl (C=O) groups is 1. The summed E-state index contributed by atoms with van der Waals surface area (Å²) in [6.07, 6.45) is -3.08. The number of benzene rings is 1. The summed E-state index contributed by atoms with van der Waals surface area (Å²) < 4.78 is 45.1. The van der Waals surface area contributed by atoms with Gasteiger partial charge in [0.1, 0.15) is 6.04 Å². The van der Waals surface area contributed by atoms with Crippen molar-refractivity contribution < 1.29 is 27.8 Å². The number of methoxy groups -OCH3 is 1. The van der Waals surface area contributed by atoms with Crippen molar-refractivity contribution >= 4 is 11.9 Å². The highest BCUT2D eigenvalue weighted by Gasteiger charge is 2.39. The number of ether oxygens (including phenoxy) is 1. The third-order valence-electron chi connectivity index (χ3n) is 4.58. The smallest absolute Gasteiger partial charge is 0.416 e. The van der Waals surface area contributed by atoms with Gasteiger partial charge in [0.05, 0.1) is 12.7 Å². The van der Waals surface area contributed by atoms with E-state index in [2.05, 4.69) is 9.97 Å². The number of hydrogen-bond donors (Lipinski definition) is 1. The minimum atomic E-state index is -4.62. The van der Waals surface area contributed by atoms with E-state index >= 15 is 0 Å². The van der Waals surface area contributed by atoms with E-state index in [1.807, 2.05) is 4.90 Å². The van der Waals surface area contributed by atoms with Gasteiger partial charge in [0.25, 0.3) is 0 Å². The standard InChI is InChI=1S/C18H19F3N4O3/c1-28-14-6-7-22-17(23-14)25-10-8-24(9-11-25)15(16(26)27)12-4-2-3-5-13(12)18(19,20)21/h2-7,15H,8-11H2,1H3,(H,26,27). The highest BCUT2D eigenvalue weighted by molar-refractivity contribution is 5.76. The minimum Gasteiger partial charge on any atom is -0.481 e. The Morgan fingerprint density at radius 1 is 1.18 bits per heavy atom. The largest absolute Gasteiger partial charge is 0.481 e. The van der Waals surface area contributed by atoms with Gasteiger partial charge in [-0.05, 0) is 11.6 Å². The molecule has 0 amide bonds. The summed E-state index contributed by atoms with van der Waals surface area (Å²) in [6, 6.07) is 5.02. The second kappa shape index (κ2) is 8.01. The van der Waals surface area contributed by atoms with Crippen molar-refractivity contribution in [1.82, 2.24) is 14.9 Å². The third-order valence-corrected chi connectivity index (χ3v) is 4.58. The van der Waals surface area contributed by atoms with Crippen molar-refractivity contribution in [3.8, 4) is 5.88 Å². The molecule has 1 aliphatic heterocycles. The number of piperazine rings is 1. The molecule has 150 valence electrons. The Bertz CT molecular complexity index is 839. The second-order valence-electron chi connectivity index (χ2n) is 6.25. The van der Waals surface area contributed by atoms with Gasteiger partial charge in [0.15, 0.2) is 0 Å². The molecule has 1 unspecified atom stereocenters. The summed E-state index contributed by atoms with van der Waals surface area (Å²) >= 11 is 0. The Morgan fingerprint density at radius 3 is 2.46 bits per heavy atom. The molecule has 2 aromatic rings. The molecule has 1 atom stereocenters. The maximum Gasteiger partial charge on any atom is 0.416 e. The zero-order chi connectivity index (χ0) is 20.3. The van der Waals surface area contributed by atoms with E-state index in [-0.39, 0.29) is 18.7 Å². The average molecular weight is 396 g/mol.